The molecule has 0 atom stereocenters. The van der Waals surface area contributed by atoms with Crippen LogP contribution in [0.4, 0.5) is 4.39 Å². The van der Waals surface area contributed by atoms with Crippen LogP contribution in [0, 0.1) is 12.7 Å². The van der Waals surface area contributed by atoms with Crippen LogP contribution in [0.5, 0.6) is 0 Å². The van der Waals surface area contributed by atoms with E-state index in [4.69, 9.17) is 0 Å². The first-order valence-corrected chi connectivity index (χ1v) is 7.21. The molecule has 1 heterocycles. The van der Waals surface area contributed by atoms with Crippen molar-refractivity contribution in [2.75, 3.05) is 0 Å². The van der Waals surface area contributed by atoms with Crippen LogP contribution in [-0.4, -0.2) is 10.8 Å². The third kappa shape index (κ3) is 2.72. The van der Waals surface area contributed by atoms with Crippen molar-refractivity contribution in [3.8, 4) is 0 Å². The summed E-state index contributed by atoms with van der Waals surface area (Å²) in [5.41, 5.74) is 2.26. The SMILES string of the molecule is Cc1ccc2cc(C(=O)c3ccc(Br)cc3F)ccc2n1. The maximum Gasteiger partial charge on any atom is 0.195 e. The number of carbonyl (C=O) groups excluding carboxylic acids is 1. The van der Waals surface area contributed by atoms with E-state index in [1.807, 2.05) is 19.1 Å². The largest absolute Gasteiger partial charge is 0.288 e. The minimum absolute atomic E-state index is 0.0672. The number of aromatic nitrogens is 1. The molecular formula is C17H11BrFNO. The second-order valence-electron chi connectivity index (χ2n) is 4.81. The second-order valence-corrected chi connectivity index (χ2v) is 5.73. The summed E-state index contributed by atoms with van der Waals surface area (Å²) in [5, 5.41) is 0.865. The fourth-order valence-electron chi connectivity index (χ4n) is 2.20. The fraction of sp³-hybridized carbons (Fsp3) is 0.0588. The summed E-state index contributed by atoms with van der Waals surface area (Å²) in [4.78, 5) is 16.8. The summed E-state index contributed by atoms with van der Waals surface area (Å²) in [7, 11) is 0. The topological polar surface area (TPSA) is 30.0 Å². The maximum atomic E-state index is 13.9. The molecule has 0 aliphatic heterocycles. The number of ketones is 1. The van der Waals surface area contributed by atoms with Gasteiger partial charge in [0.05, 0.1) is 11.1 Å². The van der Waals surface area contributed by atoms with E-state index >= 15 is 0 Å². The van der Waals surface area contributed by atoms with Gasteiger partial charge in [-0.25, -0.2) is 4.39 Å². The Labute approximate surface area is 129 Å². The Balaban J connectivity index is 2.07. The van der Waals surface area contributed by atoms with Crippen LogP contribution < -0.4 is 0 Å². The first-order chi connectivity index (χ1) is 10.0. The van der Waals surface area contributed by atoms with Crippen LogP contribution >= 0.6 is 15.9 Å². The monoisotopic (exact) mass is 343 g/mol. The van der Waals surface area contributed by atoms with E-state index in [1.165, 1.54) is 12.1 Å². The Morgan fingerprint density at radius 3 is 2.67 bits per heavy atom. The first kappa shape index (κ1) is 13.9. The predicted molar refractivity (Wildman–Crippen MR) is 84.0 cm³/mol. The van der Waals surface area contributed by atoms with Crippen LogP contribution in [-0.2, 0) is 0 Å². The number of nitrogens with zero attached hydrogens (tertiary/aromatic N) is 1. The van der Waals surface area contributed by atoms with Gasteiger partial charge in [-0.1, -0.05) is 22.0 Å². The van der Waals surface area contributed by atoms with Crippen molar-refractivity contribution in [3.05, 3.63) is 75.6 Å². The number of rotatable bonds is 2. The Hall–Kier alpha value is -2.07. The molecule has 0 aliphatic rings. The Kier molecular flexibility index (Phi) is 3.55. The molecular weight excluding hydrogens is 333 g/mol. The average Bonchev–Trinajstić information content (AvgIpc) is 2.46. The number of hydrogen-bond acceptors (Lipinski definition) is 2. The van der Waals surface area contributed by atoms with E-state index in [9.17, 15) is 9.18 Å². The summed E-state index contributed by atoms with van der Waals surface area (Å²) >= 11 is 3.18. The molecule has 0 fully saturated rings. The van der Waals surface area contributed by atoms with Crippen LogP contribution in [0.2, 0.25) is 0 Å². The molecule has 0 spiro atoms. The van der Waals surface area contributed by atoms with E-state index in [0.717, 1.165) is 16.6 Å². The van der Waals surface area contributed by atoms with Gasteiger partial charge in [-0.05, 0) is 49.4 Å². The lowest BCUT2D eigenvalue weighted by Crippen LogP contribution is -2.04. The summed E-state index contributed by atoms with van der Waals surface area (Å²) < 4.78 is 14.5. The Bertz CT molecular complexity index is 861. The van der Waals surface area contributed by atoms with Gasteiger partial charge in [-0.3, -0.25) is 9.78 Å². The highest BCUT2D eigenvalue weighted by Crippen LogP contribution is 2.21. The lowest BCUT2D eigenvalue weighted by Gasteiger charge is -2.05. The van der Waals surface area contributed by atoms with Gasteiger partial charge in [-0.2, -0.15) is 0 Å². The number of carbonyl (C=O) groups is 1. The molecule has 0 unspecified atom stereocenters. The zero-order valence-corrected chi connectivity index (χ0v) is 12.8. The predicted octanol–water partition coefficient (Wildman–Crippen LogP) is 4.68. The number of fused-ring (bicyclic) bond motifs is 1. The van der Waals surface area contributed by atoms with E-state index < -0.39 is 5.82 Å². The molecule has 0 radical (unpaired) electrons. The van der Waals surface area contributed by atoms with E-state index in [2.05, 4.69) is 20.9 Å². The molecule has 104 valence electrons. The van der Waals surface area contributed by atoms with Crippen molar-refractivity contribution in [2.24, 2.45) is 0 Å². The minimum Gasteiger partial charge on any atom is -0.288 e. The van der Waals surface area contributed by atoms with Crippen molar-refractivity contribution in [1.82, 2.24) is 4.98 Å². The van der Waals surface area contributed by atoms with Crippen molar-refractivity contribution < 1.29 is 9.18 Å². The molecule has 0 N–H and O–H groups in total. The van der Waals surface area contributed by atoms with Crippen LogP contribution in [0.3, 0.4) is 0 Å². The van der Waals surface area contributed by atoms with Crippen molar-refractivity contribution in [2.45, 2.75) is 6.92 Å². The summed E-state index contributed by atoms with van der Waals surface area (Å²) in [6.07, 6.45) is 0. The van der Waals surface area contributed by atoms with Gasteiger partial charge in [0.25, 0.3) is 0 Å². The highest BCUT2D eigenvalue weighted by atomic mass is 79.9. The van der Waals surface area contributed by atoms with Gasteiger partial charge in [0.1, 0.15) is 5.82 Å². The quantitative estimate of drug-likeness (QED) is 0.632. The van der Waals surface area contributed by atoms with Crippen molar-refractivity contribution >= 4 is 32.6 Å². The highest BCUT2D eigenvalue weighted by molar-refractivity contribution is 9.10. The standard InChI is InChI=1S/C17H11BrFNO/c1-10-2-3-11-8-12(4-7-16(11)20-10)17(21)14-6-5-13(18)9-15(14)19/h2-9H,1H3. The summed E-state index contributed by atoms with van der Waals surface area (Å²) in [6.45, 7) is 1.91. The molecule has 0 aliphatic carbocycles. The fourth-order valence-corrected chi connectivity index (χ4v) is 2.53. The number of pyridine rings is 1. The molecule has 21 heavy (non-hydrogen) atoms. The van der Waals surface area contributed by atoms with Gasteiger partial charge in [0.15, 0.2) is 5.78 Å². The minimum atomic E-state index is -0.531. The second kappa shape index (κ2) is 5.37. The van der Waals surface area contributed by atoms with E-state index in [-0.39, 0.29) is 11.3 Å². The van der Waals surface area contributed by atoms with Gasteiger partial charge in [-0.15, -0.1) is 0 Å². The average molecular weight is 344 g/mol. The molecule has 3 aromatic rings. The van der Waals surface area contributed by atoms with Crippen LogP contribution in [0.15, 0.2) is 53.0 Å². The van der Waals surface area contributed by atoms with Crippen LogP contribution in [0.25, 0.3) is 10.9 Å². The molecule has 1 aromatic heterocycles. The van der Waals surface area contributed by atoms with Crippen molar-refractivity contribution in [1.29, 1.82) is 0 Å². The zero-order chi connectivity index (χ0) is 15.0. The van der Waals surface area contributed by atoms with E-state index in [1.54, 1.807) is 24.3 Å². The first-order valence-electron chi connectivity index (χ1n) is 6.42. The molecule has 0 amide bonds. The molecule has 0 bridgehead atoms. The summed E-state index contributed by atoms with van der Waals surface area (Å²) in [6, 6.07) is 13.4. The molecule has 2 nitrogen and oxygen atoms in total. The molecule has 4 heteroatoms. The lowest BCUT2D eigenvalue weighted by atomic mass is 10.0. The van der Waals surface area contributed by atoms with Gasteiger partial charge >= 0.3 is 0 Å². The maximum absolute atomic E-state index is 13.9. The number of aryl methyl sites for hydroxylation is 1. The van der Waals surface area contributed by atoms with Crippen molar-refractivity contribution in [3.63, 3.8) is 0 Å². The van der Waals surface area contributed by atoms with Gasteiger partial charge in [0.2, 0.25) is 0 Å². The zero-order valence-electron chi connectivity index (χ0n) is 11.2. The lowest BCUT2D eigenvalue weighted by molar-refractivity contribution is 0.103. The van der Waals surface area contributed by atoms with E-state index in [0.29, 0.717) is 10.0 Å². The Morgan fingerprint density at radius 2 is 1.90 bits per heavy atom. The molecule has 0 saturated heterocycles. The smallest absolute Gasteiger partial charge is 0.195 e. The van der Waals surface area contributed by atoms with Gasteiger partial charge < -0.3 is 0 Å². The van der Waals surface area contributed by atoms with Crippen LogP contribution in [0.1, 0.15) is 21.6 Å². The number of benzene rings is 2. The molecule has 2 aromatic carbocycles. The molecule has 0 saturated carbocycles. The number of hydrogen-bond donors (Lipinski definition) is 0. The third-order valence-electron chi connectivity index (χ3n) is 3.27. The third-order valence-corrected chi connectivity index (χ3v) is 3.76. The highest BCUT2D eigenvalue weighted by Gasteiger charge is 2.14. The summed E-state index contributed by atoms with van der Waals surface area (Å²) in [5.74, 6) is -0.862. The van der Waals surface area contributed by atoms with Gasteiger partial charge in [0, 0.05) is 21.1 Å². The Morgan fingerprint density at radius 1 is 1.10 bits per heavy atom. The number of halogens is 2. The normalized spacial score (nSPS) is 10.8. The molecule has 3 rings (SSSR count).